The first-order valence-corrected chi connectivity index (χ1v) is 11.6. The number of hydrogen-bond donors (Lipinski definition) is 0. The van der Waals surface area contributed by atoms with Gasteiger partial charge in [0.2, 0.25) is 5.91 Å². The molecule has 1 amide bonds. The molecule has 1 fully saturated rings. The van der Waals surface area contributed by atoms with Gasteiger partial charge < -0.3 is 19.1 Å². The second-order valence-corrected chi connectivity index (χ2v) is 8.58. The Balaban J connectivity index is 1.57. The number of nitrogens with zero attached hydrogens (tertiary/aromatic N) is 1. The maximum Gasteiger partial charge on any atom is 0.230 e. The van der Waals surface area contributed by atoms with Crippen LogP contribution < -0.4 is 9.47 Å². The van der Waals surface area contributed by atoms with E-state index in [0.717, 1.165) is 44.3 Å². The lowest BCUT2D eigenvalue weighted by atomic mass is 9.82. The summed E-state index contributed by atoms with van der Waals surface area (Å²) in [5, 5.41) is 0. The average Bonchev–Trinajstić information content (AvgIpc) is 3.35. The fourth-order valence-corrected chi connectivity index (χ4v) is 4.80. The van der Waals surface area contributed by atoms with E-state index in [2.05, 4.69) is 24.8 Å². The number of rotatable bonds is 9. The molecule has 4 rings (SSSR count). The Kier molecular flexibility index (Phi) is 7.48. The van der Waals surface area contributed by atoms with E-state index in [4.69, 9.17) is 14.2 Å². The highest BCUT2D eigenvalue weighted by Gasteiger charge is 2.32. The van der Waals surface area contributed by atoms with Gasteiger partial charge in [-0.05, 0) is 60.9 Å². The zero-order valence-corrected chi connectivity index (χ0v) is 18.9. The minimum absolute atomic E-state index is 0.0848. The average molecular weight is 436 g/mol. The number of ether oxygens (including phenoxy) is 3. The van der Waals surface area contributed by atoms with Crippen LogP contribution in [0.25, 0.3) is 0 Å². The zero-order valence-electron chi connectivity index (χ0n) is 18.9. The minimum Gasteiger partial charge on any atom is -0.493 e. The lowest BCUT2D eigenvalue weighted by molar-refractivity contribution is -0.135. The summed E-state index contributed by atoms with van der Waals surface area (Å²) < 4.78 is 17.1. The van der Waals surface area contributed by atoms with Gasteiger partial charge in [-0.25, -0.2) is 0 Å². The largest absolute Gasteiger partial charge is 0.493 e. The van der Waals surface area contributed by atoms with Crippen molar-refractivity contribution < 1.29 is 19.0 Å². The van der Waals surface area contributed by atoms with Gasteiger partial charge in [0.05, 0.1) is 19.1 Å². The highest BCUT2D eigenvalue weighted by atomic mass is 16.5. The lowest BCUT2D eigenvalue weighted by Gasteiger charge is -2.32. The van der Waals surface area contributed by atoms with Crippen molar-refractivity contribution in [2.24, 2.45) is 0 Å². The Morgan fingerprint density at radius 2 is 2.06 bits per heavy atom. The highest BCUT2D eigenvalue weighted by molar-refractivity contribution is 5.84. The van der Waals surface area contributed by atoms with Crippen molar-refractivity contribution in [3.05, 3.63) is 71.8 Å². The predicted molar refractivity (Wildman–Crippen MR) is 125 cm³/mol. The van der Waals surface area contributed by atoms with Crippen molar-refractivity contribution in [3.8, 4) is 11.5 Å². The predicted octanol–water partition coefficient (Wildman–Crippen LogP) is 4.89. The third kappa shape index (κ3) is 5.16. The normalized spacial score (nSPS) is 19.8. The quantitative estimate of drug-likeness (QED) is 0.527. The number of carbonyl (C=O) groups excluding carboxylic acids is 1. The second-order valence-electron chi connectivity index (χ2n) is 8.58. The molecule has 0 bridgehead atoms. The van der Waals surface area contributed by atoms with E-state index < -0.39 is 0 Å². The summed E-state index contributed by atoms with van der Waals surface area (Å²) in [6.07, 6.45) is 6.87. The molecule has 0 spiro atoms. The first-order valence-electron chi connectivity index (χ1n) is 11.6. The molecule has 0 N–H and O–H groups in total. The van der Waals surface area contributed by atoms with Gasteiger partial charge in [0.25, 0.3) is 0 Å². The van der Waals surface area contributed by atoms with Gasteiger partial charge in [-0.1, -0.05) is 43.0 Å². The molecular weight excluding hydrogens is 402 g/mol. The molecule has 2 aromatic rings. The number of fused-ring (bicyclic) bond motifs is 1. The summed E-state index contributed by atoms with van der Waals surface area (Å²) in [5.74, 6) is 1.45. The minimum atomic E-state index is -0.0848. The van der Waals surface area contributed by atoms with Crippen LogP contribution in [0.4, 0.5) is 0 Å². The maximum absolute atomic E-state index is 13.8. The molecule has 2 unspecified atom stereocenters. The molecule has 5 nitrogen and oxygen atoms in total. The van der Waals surface area contributed by atoms with Crippen LogP contribution in [0.15, 0.2) is 55.1 Å². The number of hydrogen-bond acceptors (Lipinski definition) is 4. The number of amides is 1. The number of methoxy groups -OCH3 is 1. The van der Waals surface area contributed by atoms with Crippen molar-refractivity contribution in [3.63, 3.8) is 0 Å². The van der Waals surface area contributed by atoms with E-state index in [0.29, 0.717) is 31.2 Å². The smallest absolute Gasteiger partial charge is 0.230 e. The molecule has 0 saturated carbocycles. The number of benzene rings is 2. The van der Waals surface area contributed by atoms with Crippen LogP contribution in [0.3, 0.4) is 0 Å². The van der Waals surface area contributed by atoms with Gasteiger partial charge in [0.15, 0.2) is 11.5 Å². The molecule has 2 atom stereocenters. The van der Waals surface area contributed by atoms with Gasteiger partial charge >= 0.3 is 0 Å². The van der Waals surface area contributed by atoms with Crippen LogP contribution >= 0.6 is 0 Å². The van der Waals surface area contributed by atoms with E-state index in [-0.39, 0.29) is 17.9 Å². The van der Waals surface area contributed by atoms with Crippen molar-refractivity contribution >= 4 is 5.91 Å². The maximum atomic E-state index is 13.8. The summed E-state index contributed by atoms with van der Waals surface area (Å²) >= 11 is 0. The summed E-state index contributed by atoms with van der Waals surface area (Å²) in [6.45, 7) is 6.03. The van der Waals surface area contributed by atoms with Crippen LogP contribution in [-0.4, -0.2) is 43.8 Å². The Morgan fingerprint density at radius 1 is 1.19 bits per heavy atom. The van der Waals surface area contributed by atoms with Crippen molar-refractivity contribution in [1.29, 1.82) is 0 Å². The molecular formula is C27H33NO4. The van der Waals surface area contributed by atoms with Crippen LogP contribution in [-0.2, 0) is 22.5 Å². The van der Waals surface area contributed by atoms with Crippen LogP contribution in [0.2, 0.25) is 0 Å². The highest BCUT2D eigenvalue weighted by Crippen LogP contribution is 2.34. The molecule has 1 aliphatic heterocycles. The van der Waals surface area contributed by atoms with E-state index in [1.54, 1.807) is 13.2 Å². The SMILES string of the molecule is C=CCOc1ccc(CN(CC2CCCO2)C(=O)C2CCCc3ccccc32)cc1OC. The monoisotopic (exact) mass is 435 g/mol. The van der Waals surface area contributed by atoms with Crippen molar-refractivity contribution in [2.75, 3.05) is 26.9 Å². The summed E-state index contributed by atoms with van der Waals surface area (Å²) in [6, 6.07) is 14.3. The standard InChI is InChI=1S/C27H33NO4/c1-3-15-32-25-14-13-20(17-26(25)30-2)18-28(19-22-10-7-16-31-22)27(29)24-12-6-9-21-8-4-5-11-23(21)24/h3-5,8,11,13-14,17,22,24H,1,6-7,9-10,12,15-16,18-19H2,2H3. The van der Waals surface area contributed by atoms with E-state index in [1.165, 1.54) is 11.1 Å². The first kappa shape index (κ1) is 22.4. The molecule has 1 saturated heterocycles. The van der Waals surface area contributed by atoms with Gasteiger partial charge in [-0.15, -0.1) is 0 Å². The second kappa shape index (κ2) is 10.7. The van der Waals surface area contributed by atoms with Crippen LogP contribution in [0.1, 0.15) is 48.3 Å². The van der Waals surface area contributed by atoms with E-state index >= 15 is 0 Å². The number of aryl methyl sites for hydroxylation is 1. The molecule has 0 aromatic heterocycles. The van der Waals surface area contributed by atoms with Gasteiger partial charge in [0.1, 0.15) is 6.61 Å². The number of carbonyl (C=O) groups is 1. The topological polar surface area (TPSA) is 48.0 Å². The van der Waals surface area contributed by atoms with Gasteiger partial charge in [0, 0.05) is 19.7 Å². The first-order chi connectivity index (χ1) is 15.7. The molecule has 2 aromatic carbocycles. The van der Waals surface area contributed by atoms with Gasteiger partial charge in [-0.2, -0.15) is 0 Å². The van der Waals surface area contributed by atoms with Crippen molar-refractivity contribution in [1.82, 2.24) is 4.90 Å². The fourth-order valence-electron chi connectivity index (χ4n) is 4.80. The molecule has 170 valence electrons. The summed E-state index contributed by atoms with van der Waals surface area (Å²) in [5.41, 5.74) is 3.51. The lowest BCUT2D eigenvalue weighted by Crippen LogP contribution is -2.40. The molecule has 5 heteroatoms. The molecule has 0 radical (unpaired) electrons. The van der Waals surface area contributed by atoms with E-state index in [9.17, 15) is 4.79 Å². The van der Waals surface area contributed by atoms with E-state index in [1.807, 2.05) is 29.2 Å². The molecule has 2 aliphatic rings. The molecule has 1 heterocycles. The Hall–Kier alpha value is -2.79. The fraction of sp³-hybridized carbons (Fsp3) is 0.444. The third-order valence-corrected chi connectivity index (χ3v) is 6.39. The summed E-state index contributed by atoms with van der Waals surface area (Å²) in [4.78, 5) is 15.8. The van der Waals surface area contributed by atoms with Gasteiger partial charge in [-0.3, -0.25) is 4.79 Å². The summed E-state index contributed by atoms with van der Waals surface area (Å²) in [7, 11) is 1.63. The van der Waals surface area contributed by atoms with Crippen molar-refractivity contribution in [2.45, 2.75) is 50.7 Å². The zero-order chi connectivity index (χ0) is 22.3. The third-order valence-electron chi connectivity index (χ3n) is 6.39. The van der Waals surface area contributed by atoms with Crippen LogP contribution in [0, 0.1) is 0 Å². The molecule has 32 heavy (non-hydrogen) atoms. The van der Waals surface area contributed by atoms with Crippen LogP contribution in [0.5, 0.6) is 11.5 Å². The molecule has 1 aliphatic carbocycles. The Morgan fingerprint density at radius 3 is 2.84 bits per heavy atom. The Labute approximate surface area is 191 Å². The Bertz CT molecular complexity index is 935.